The van der Waals surface area contributed by atoms with Crippen LogP contribution in [0.25, 0.3) is 0 Å². The fourth-order valence-corrected chi connectivity index (χ4v) is 2.35. The van der Waals surface area contributed by atoms with Gasteiger partial charge < -0.3 is 10.0 Å². The molecule has 1 aromatic carbocycles. The molecule has 0 saturated heterocycles. The van der Waals surface area contributed by atoms with E-state index >= 15 is 0 Å². The van der Waals surface area contributed by atoms with Gasteiger partial charge in [-0.1, -0.05) is 37.3 Å². The minimum absolute atomic E-state index is 0.0593. The highest BCUT2D eigenvalue weighted by Gasteiger charge is 2.34. The number of nitrogens with zero attached hydrogens (tertiary/aromatic N) is 1. The molecule has 1 aromatic rings. The fraction of sp³-hybridized carbons (Fsp3) is 0.471. The summed E-state index contributed by atoms with van der Waals surface area (Å²) >= 11 is 0. The maximum atomic E-state index is 12.3. The molecule has 22 heavy (non-hydrogen) atoms. The Labute approximate surface area is 129 Å². The van der Waals surface area contributed by atoms with Crippen molar-refractivity contribution in [3.63, 3.8) is 0 Å². The van der Waals surface area contributed by atoms with Crippen molar-refractivity contribution in [1.82, 2.24) is 4.90 Å². The molecule has 1 aliphatic rings. The Morgan fingerprint density at radius 3 is 2.36 bits per heavy atom. The number of ketones is 1. The second-order valence-corrected chi connectivity index (χ2v) is 5.81. The number of carbonyl (C=O) groups is 3. The second kappa shape index (κ2) is 7.20. The maximum absolute atomic E-state index is 12.3. The Balaban J connectivity index is 1.89. The van der Waals surface area contributed by atoms with Crippen molar-refractivity contribution >= 4 is 17.7 Å². The summed E-state index contributed by atoms with van der Waals surface area (Å²) in [4.78, 5) is 36.9. The summed E-state index contributed by atoms with van der Waals surface area (Å²) in [6.45, 7) is 1.82. The van der Waals surface area contributed by atoms with Crippen molar-refractivity contribution in [2.45, 2.75) is 38.6 Å². The molecule has 1 N–H and O–H groups in total. The van der Waals surface area contributed by atoms with Gasteiger partial charge in [-0.05, 0) is 12.8 Å². The maximum Gasteiger partial charge on any atom is 0.308 e. The van der Waals surface area contributed by atoms with Crippen LogP contribution in [0.2, 0.25) is 0 Å². The molecule has 0 bridgehead atoms. The molecule has 1 amide bonds. The highest BCUT2D eigenvalue weighted by molar-refractivity contribution is 5.98. The molecule has 1 unspecified atom stereocenters. The lowest BCUT2D eigenvalue weighted by Gasteiger charge is -2.24. The molecule has 0 aromatic heterocycles. The number of aliphatic carboxylic acids is 1. The Morgan fingerprint density at radius 1 is 1.18 bits per heavy atom. The molecular weight excluding hydrogens is 282 g/mol. The van der Waals surface area contributed by atoms with Crippen LogP contribution < -0.4 is 0 Å². The van der Waals surface area contributed by atoms with Crippen LogP contribution in [0.5, 0.6) is 0 Å². The first-order valence-electron chi connectivity index (χ1n) is 7.59. The molecule has 1 fully saturated rings. The van der Waals surface area contributed by atoms with E-state index in [0.29, 0.717) is 5.56 Å². The van der Waals surface area contributed by atoms with Crippen molar-refractivity contribution in [3.05, 3.63) is 35.9 Å². The number of carbonyl (C=O) groups excluding carboxylic acids is 2. The predicted octanol–water partition coefficient (Wildman–Crippen LogP) is 2.36. The number of carboxylic acid groups (broad SMARTS) is 1. The Hall–Kier alpha value is -2.17. The van der Waals surface area contributed by atoms with Crippen molar-refractivity contribution < 1.29 is 19.5 Å². The van der Waals surface area contributed by atoms with E-state index in [0.717, 1.165) is 12.8 Å². The van der Waals surface area contributed by atoms with Gasteiger partial charge >= 0.3 is 5.97 Å². The van der Waals surface area contributed by atoms with Crippen LogP contribution in [0.1, 0.15) is 43.0 Å². The fourth-order valence-electron chi connectivity index (χ4n) is 2.35. The third-order valence-electron chi connectivity index (χ3n) is 3.86. The largest absolute Gasteiger partial charge is 0.481 e. The van der Waals surface area contributed by atoms with Gasteiger partial charge in [-0.2, -0.15) is 0 Å². The van der Waals surface area contributed by atoms with Gasteiger partial charge in [0, 0.05) is 31.0 Å². The number of Topliss-reactive ketones (excluding diaryl/α,β-unsaturated/α-hetero) is 1. The lowest BCUT2D eigenvalue weighted by molar-refractivity contribution is -0.143. The zero-order chi connectivity index (χ0) is 16.1. The molecule has 0 radical (unpaired) electrons. The summed E-state index contributed by atoms with van der Waals surface area (Å²) in [5, 5.41) is 8.99. The quantitative estimate of drug-likeness (QED) is 0.748. The normalized spacial score (nSPS) is 15.1. The summed E-state index contributed by atoms with van der Waals surface area (Å²) < 4.78 is 0. The number of rotatable bonds is 8. The lowest BCUT2D eigenvalue weighted by Crippen LogP contribution is -2.38. The van der Waals surface area contributed by atoms with Crippen LogP contribution in [-0.4, -0.2) is 40.3 Å². The van der Waals surface area contributed by atoms with Crippen molar-refractivity contribution in [2.75, 3.05) is 6.54 Å². The molecule has 5 heteroatoms. The molecule has 118 valence electrons. The minimum atomic E-state index is -0.904. The van der Waals surface area contributed by atoms with Gasteiger partial charge in [-0.25, -0.2) is 0 Å². The van der Waals surface area contributed by atoms with Gasteiger partial charge in [0.05, 0.1) is 5.92 Å². The van der Waals surface area contributed by atoms with E-state index in [9.17, 15) is 14.4 Å². The molecule has 0 heterocycles. The molecule has 1 atom stereocenters. The molecule has 5 nitrogen and oxygen atoms in total. The second-order valence-electron chi connectivity index (χ2n) is 5.81. The Bertz CT molecular complexity index is 551. The van der Waals surface area contributed by atoms with E-state index in [-0.39, 0.29) is 37.1 Å². The van der Waals surface area contributed by atoms with E-state index in [1.165, 1.54) is 0 Å². The van der Waals surface area contributed by atoms with Gasteiger partial charge in [0.25, 0.3) is 0 Å². The van der Waals surface area contributed by atoms with Gasteiger partial charge in [0.1, 0.15) is 0 Å². The van der Waals surface area contributed by atoms with Crippen molar-refractivity contribution in [3.8, 4) is 0 Å². The molecule has 2 rings (SSSR count). The summed E-state index contributed by atoms with van der Waals surface area (Å²) in [6, 6.07) is 9.04. The monoisotopic (exact) mass is 303 g/mol. The summed E-state index contributed by atoms with van der Waals surface area (Å²) in [5.74, 6) is -1.68. The summed E-state index contributed by atoms with van der Waals surface area (Å²) in [7, 11) is 0. The van der Waals surface area contributed by atoms with Gasteiger partial charge in [0.2, 0.25) is 5.91 Å². The number of hydrogen-bond donors (Lipinski definition) is 1. The number of carboxylic acids is 1. The average molecular weight is 303 g/mol. The summed E-state index contributed by atoms with van der Waals surface area (Å²) in [6.07, 6.45) is 2.14. The van der Waals surface area contributed by atoms with E-state index in [1.54, 1.807) is 36.1 Å². The standard InChI is InChI=1S/C17H21NO4/c1-12(17(21)22)11-18(14-7-8-14)16(20)10-9-15(19)13-5-3-2-4-6-13/h2-6,12,14H,7-11H2,1H3,(H,21,22). The van der Waals surface area contributed by atoms with Crippen LogP contribution in [0.3, 0.4) is 0 Å². The predicted molar refractivity (Wildman–Crippen MR) is 81.5 cm³/mol. The molecule has 0 aliphatic heterocycles. The van der Waals surface area contributed by atoms with Crippen LogP contribution in [0.4, 0.5) is 0 Å². The third-order valence-corrected chi connectivity index (χ3v) is 3.86. The molecule has 1 saturated carbocycles. The Kier molecular flexibility index (Phi) is 5.31. The average Bonchev–Trinajstić information content (AvgIpc) is 3.35. The van der Waals surface area contributed by atoms with Crippen molar-refractivity contribution in [1.29, 1.82) is 0 Å². The molecule has 1 aliphatic carbocycles. The first kappa shape index (κ1) is 16.2. The SMILES string of the molecule is CC(CN(C(=O)CCC(=O)c1ccccc1)C1CC1)C(=O)O. The third kappa shape index (κ3) is 4.41. The van der Waals surface area contributed by atoms with Gasteiger partial charge in [-0.15, -0.1) is 0 Å². The number of amides is 1. The van der Waals surface area contributed by atoms with E-state index in [1.807, 2.05) is 6.07 Å². The summed E-state index contributed by atoms with van der Waals surface area (Å²) in [5.41, 5.74) is 0.604. The van der Waals surface area contributed by atoms with Crippen LogP contribution in [-0.2, 0) is 9.59 Å². The molecule has 0 spiro atoms. The number of hydrogen-bond acceptors (Lipinski definition) is 3. The van der Waals surface area contributed by atoms with Gasteiger partial charge in [-0.3, -0.25) is 14.4 Å². The van der Waals surface area contributed by atoms with Crippen LogP contribution >= 0.6 is 0 Å². The highest BCUT2D eigenvalue weighted by Crippen LogP contribution is 2.28. The minimum Gasteiger partial charge on any atom is -0.481 e. The topological polar surface area (TPSA) is 74.7 Å². The van der Waals surface area contributed by atoms with E-state index < -0.39 is 11.9 Å². The van der Waals surface area contributed by atoms with Crippen molar-refractivity contribution in [2.24, 2.45) is 5.92 Å². The van der Waals surface area contributed by atoms with E-state index in [4.69, 9.17) is 5.11 Å². The smallest absolute Gasteiger partial charge is 0.308 e. The molecular formula is C17H21NO4. The van der Waals surface area contributed by atoms with Gasteiger partial charge in [0.15, 0.2) is 5.78 Å². The highest BCUT2D eigenvalue weighted by atomic mass is 16.4. The van der Waals surface area contributed by atoms with Crippen LogP contribution in [0, 0.1) is 5.92 Å². The van der Waals surface area contributed by atoms with Crippen LogP contribution in [0.15, 0.2) is 30.3 Å². The van der Waals surface area contributed by atoms with E-state index in [2.05, 4.69) is 0 Å². The first-order valence-corrected chi connectivity index (χ1v) is 7.59. The zero-order valence-corrected chi connectivity index (χ0v) is 12.7. The lowest BCUT2D eigenvalue weighted by atomic mass is 10.1. The Morgan fingerprint density at radius 2 is 1.82 bits per heavy atom. The zero-order valence-electron chi connectivity index (χ0n) is 12.7. The number of benzene rings is 1. The first-order chi connectivity index (χ1) is 10.5.